The molecule has 1 fully saturated rings. The van der Waals surface area contributed by atoms with Crippen LogP contribution in [0, 0.1) is 11.8 Å². The number of nitrogens with two attached hydrogens (primary N) is 1. The van der Waals surface area contributed by atoms with Crippen LogP contribution in [0.3, 0.4) is 0 Å². The molecular weight excluding hydrogens is 248 g/mol. The summed E-state index contributed by atoms with van der Waals surface area (Å²) < 4.78 is 0. The highest BCUT2D eigenvalue weighted by molar-refractivity contribution is 6.36. The number of hydrogen-bond donors (Lipinski definition) is 1. The van der Waals surface area contributed by atoms with Crippen LogP contribution in [0.2, 0.25) is 5.02 Å². The standard InChI is InChI=1S/C14H19ClN2O/c1-9-6-7-17(8-10(9)2)14(18)11-4-3-5-12(16)13(11)15/h3-5,9-10H,6-8,16H2,1-2H3. The summed E-state index contributed by atoms with van der Waals surface area (Å²) >= 11 is 6.10. The number of benzene rings is 1. The van der Waals surface area contributed by atoms with Gasteiger partial charge in [0.05, 0.1) is 16.3 Å². The van der Waals surface area contributed by atoms with Crippen LogP contribution in [0.5, 0.6) is 0 Å². The number of nitrogens with zero attached hydrogens (tertiary/aromatic N) is 1. The van der Waals surface area contributed by atoms with E-state index in [1.165, 1.54) is 0 Å². The van der Waals surface area contributed by atoms with E-state index in [9.17, 15) is 4.79 Å². The molecule has 0 aromatic heterocycles. The van der Waals surface area contributed by atoms with Gasteiger partial charge in [-0.25, -0.2) is 0 Å². The van der Waals surface area contributed by atoms with Crippen molar-refractivity contribution in [3.63, 3.8) is 0 Å². The summed E-state index contributed by atoms with van der Waals surface area (Å²) in [5, 5.41) is 0.369. The van der Waals surface area contributed by atoms with Crippen molar-refractivity contribution in [1.29, 1.82) is 0 Å². The van der Waals surface area contributed by atoms with E-state index in [1.807, 2.05) is 4.90 Å². The van der Waals surface area contributed by atoms with Gasteiger partial charge >= 0.3 is 0 Å². The normalized spacial score (nSPS) is 24.1. The molecule has 2 N–H and O–H groups in total. The Morgan fingerprint density at radius 1 is 1.39 bits per heavy atom. The van der Waals surface area contributed by atoms with Crippen molar-refractivity contribution < 1.29 is 4.79 Å². The highest BCUT2D eigenvalue weighted by atomic mass is 35.5. The van der Waals surface area contributed by atoms with Gasteiger partial charge in [-0.05, 0) is 30.4 Å². The second-order valence-corrected chi connectivity index (χ2v) is 5.58. The molecule has 0 bridgehead atoms. The Morgan fingerprint density at radius 2 is 2.11 bits per heavy atom. The van der Waals surface area contributed by atoms with Crippen LogP contribution in [0.15, 0.2) is 18.2 Å². The summed E-state index contributed by atoms with van der Waals surface area (Å²) in [5.74, 6) is 1.19. The molecule has 0 radical (unpaired) electrons. The van der Waals surface area contributed by atoms with Crippen molar-refractivity contribution in [2.45, 2.75) is 20.3 Å². The zero-order valence-electron chi connectivity index (χ0n) is 10.8. The second kappa shape index (κ2) is 5.19. The summed E-state index contributed by atoms with van der Waals surface area (Å²) in [6.45, 7) is 6.02. The molecule has 2 rings (SSSR count). The first-order valence-corrected chi connectivity index (χ1v) is 6.71. The first kappa shape index (κ1) is 13.2. The smallest absolute Gasteiger partial charge is 0.255 e. The van der Waals surface area contributed by atoms with Gasteiger partial charge in [-0.1, -0.05) is 31.5 Å². The van der Waals surface area contributed by atoms with Gasteiger partial charge in [0.15, 0.2) is 0 Å². The number of nitrogen functional groups attached to an aromatic ring is 1. The van der Waals surface area contributed by atoms with Gasteiger partial charge in [-0.3, -0.25) is 4.79 Å². The predicted molar refractivity (Wildman–Crippen MR) is 74.7 cm³/mol. The summed E-state index contributed by atoms with van der Waals surface area (Å²) in [4.78, 5) is 14.3. The van der Waals surface area contributed by atoms with Crippen LogP contribution in [0.25, 0.3) is 0 Å². The molecule has 2 unspecified atom stereocenters. The Hall–Kier alpha value is -1.22. The largest absolute Gasteiger partial charge is 0.398 e. The van der Waals surface area contributed by atoms with E-state index in [2.05, 4.69) is 13.8 Å². The predicted octanol–water partition coefficient (Wildman–Crippen LogP) is 3.04. The fraction of sp³-hybridized carbons (Fsp3) is 0.500. The Labute approximate surface area is 113 Å². The van der Waals surface area contributed by atoms with Crippen molar-refractivity contribution in [3.05, 3.63) is 28.8 Å². The molecule has 98 valence electrons. The molecule has 4 heteroatoms. The Bertz CT molecular complexity index is 461. The maximum absolute atomic E-state index is 12.4. The van der Waals surface area contributed by atoms with Gasteiger partial charge in [-0.15, -0.1) is 0 Å². The minimum atomic E-state index is -0.00829. The maximum atomic E-state index is 12.4. The molecule has 0 aliphatic carbocycles. The summed E-state index contributed by atoms with van der Waals surface area (Å²) in [6, 6.07) is 5.22. The van der Waals surface area contributed by atoms with E-state index in [0.29, 0.717) is 28.1 Å². The quantitative estimate of drug-likeness (QED) is 0.794. The van der Waals surface area contributed by atoms with Crippen LogP contribution < -0.4 is 5.73 Å². The minimum Gasteiger partial charge on any atom is -0.398 e. The molecule has 1 aliphatic rings. The Kier molecular flexibility index (Phi) is 3.81. The monoisotopic (exact) mass is 266 g/mol. The number of halogens is 1. The summed E-state index contributed by atoms with van der Waals surface area (Å²) in [6.07, 6.45) is 1.05. The number of carbonyl (C=O) groups is 1. The topological polar surface area (TPSA) is 46.3 Å². The van der Waals surface area contributed by atoms with E-state index < -0.39 is 0 Å². The van der Waals surface area contributed by atoms with E-state index in [-0.39, 0.29) is 5.91 Å². The van der Waals surface area contributed by atoms with Crippen molar-refractivity contribution in [2.75, 3.05) is 18.8 Å². The number of likely N-dealkylation sites (tertiary alicyclic amines) is 1. The molecule has 1 heterocycles. The molecule has 1 aromatic rings. The average molecular weight is 267 g/mol. The lowest BCUT2D eigenvalue weighted by atomic mass is 9.88. The molecule has 1 amide bonds. The fourth-order valence-electron chi connectivity index (χ4n) is 2.33. The highest BCUT2D eigenvalue weighted by Gasteiger charge is 2.27. The lowest BCUT2D eigenvalue weighted by Crippen LogP contribution is -2.42. The number of amides is 1. The van der Waals surface area contributed by atoms with E-state index in [1.54, 1.807) is 18.2 Å². The number of piperidine rings is 1. The van der Waals surface area contributed by atoms with Crippen LogP contribution in [-0.2, 0) is 0 Å². The molecule has 1 saturated heterocycles. The fourth-order valence-corrected chi connectivity index (χ4v) is 2.54. The third-order valence-electron chi connectivity index (χ3n) is 3.88. The van der Waals surface area contributed by atoms with Gasteiger partial charge in [0, 0.05) is 13.1 Å². The molecular formula is C14H19ClN2O. The van der Waals surface area contributed by atoms with E-state index in [4.69, 9.17) is 17.3 Å². The number of hydrogen-bond acceptors (Lipinski definition) is 2. The van der Waals surface area contributed by atoms with Gasteiger partial charge < -0.3 is 10.6 Å². The second-order valence-electron chi connectivity index (χ2n) is 5.20. The Balaban J connectivity index is 2.19. The number of anilines is 1. The number of rotatable bonds is 1. The molecule has 18 heavy (non-hydrogen) atoms. The highest BCUT2D eigenvalue weighted by Crippen LogP contribution is 2.28. The molecule has 1 aliphatic heterocycles. The van der Waals surface area contributed by atoms with Crippen LogP contribution >= 0.6 is 11.6 Å². The van der Waals surface area contributed by atoms with Gasteiger partial charge in [0.1, 0.15) is 0 Å². The first-order valence-electron chi connectivity index (χ1n) is 6.34. The van der Waals surface area contributed by atoms with Crippen LogP contribution in [-0.4, -0.2) is 23.9 Å². The molecule has 1 aromatic carbocycles. The third kappa shape index (κ3) is 2.46. The molecule has 2 atom stereocenters. The minimum absolute atomic E-state index is 0.00829. The average Bonchev–Trinajstić information content (AvgIpc) is 2.35. The van der Waals surface area contributed by atoms with Gasteiger partial charge in [-0.2, -0.15) is 0 Å². The molecule has 0 spiro atoms. The van der Waals surface area contributed by atoms with Gasteiger partial charge in [0.25, 0.3) is 5.91 Å². The molecule has 3 nitrogen and oxygen atoms in total. The van der Waals surface area contributed by atoms with Crippen molar-refractivity contribution in [1.82, 2.24) is 4.90 Å². The first-order chi connectivity index (χ1) is 8.50. The molecule has 0 saturated carbocycles. The zero-order chi connectivity index (χ0) is 13.3. The Morgan fingerprint density at radius 3 is 2.78 bits per heavy atom. The zero-order valence-corrected chi connectivity index (χ0v) is 11.6. The van der Waals surface area contributed by atoms with Crippen molar-refractivity contribution in [2.24, 2.45) is 11.8 Å². The van der Waals surface area contributed by atoms with E-state index in [0.717, 1.165) is 19.5 Å². The number of carbonyl (C=O) groups excluding carboxylic acids is 1. The SMILES string of the molecule is CC1CCN(C(=O)c2cccc(N)c2Cl)CC1C. The maximum Gasteiger partial charge on any atom is 0.255 e. The van der Waals surface area contributed by atoms with Crippen molar-refractivity contribution >= 4 is 23.2 Å². The van der Waals surface area contributed by atoms with Crippen LogP contribution in [0.4, 0.5) is 5.69 Å². The summed E-state index contributed by atoms with van der Waals surface area (Å²) in [5.41, 5.74) is 6.71. The van der Waals surface area contributed by atoms with Crippen LogP contribution in [0.1, 0.15) is 30.6 Å². The lowest BCUT2D eigenvalue weighted by Gasteiger charge is -2.35. The summed E-state index contributed by atoms with van der Waals surface area (Å²) in [7, 11) is 0. The van der Waals surface area contributed by atoms with Crippen molar-refractivity contribution in [3.8, 4) is 0 Å². The lowest BCUT2D eigenvalue weighted by molar-refractivity contribution is 0.0627. The third-order valence-corrected chi connectivity index (χ3v) is 4.30. The van der Waals surface area contributed by atoms with E-state index >= 15 is 0 Å². The van der Waals surface area contributed by atoms with Gasteiger partial charge in [0.2, 0.25) is 0 Å².